The number of hydrogen-bond acceptors (Lipinski definition) is 6. The van der Waals surface area contributed by atoms with Gasteiger partial charge in [-0.2, -0.15) is 5.10 Å². The maximum atomic E-state index is 12.2. The summed E-state index contributed by atoms with van der Waals surface area (Å²) in [7, 11) is 0. The molecule has 0 aromatic carbocycles. The second kappa shape index (κ2) is 7.02. The summed E-state index contributed by atoms with van der Waals surface area (Å²) in [5.41, 5.74) is 5.55. The lowest BCUT2D eigenvalue weighted by Gasteiger charge is -2.23. The number of nitrogens with two attached hydrogens (primary N) is 1. The first-order valence-electron chi connectivity index (χ1n) is 6.72. The van der Waals surface area contributed by atoms with Crippen LogP contribution in [-0.4, -0.2) is 44.0 Å². The minimum absolute atomic E-state index is 0.133. The number of amides is 2. The number of nitrogen functional groups attached to an aromatic ring is 1. The van der Waals surface area contributed by atoms with Crippen molar-refractivity contribution >= 4 is 22.5 Å². The predicted molar refractivity (Wildman–Crippen MR) is 80.7 cm³/mol. The zero-order valence-corrected chi connectivity index (χ0v) is 12.9. The average Bonchev–Trinajstić information content (AvgIpc) is 3.10. The van der Waals surface area contributed by atoms with Crippen LogP contribution in [0.25, 0.3) is 0 Å². The molecule has 3 N–H and O–H groups in total. The van der Waals surface area contributed by atoms with Crippen molar-refractivity contribution in [2.45, 2.75) is 26.4 Å². The first kappa shape index (κ1) is 15.2. The van der Waals surface area contributed by atoms with Gasteiger partial charge in [0.25, 0.3) is 0 Å². The number of nitrogens with one attached hydrogen (secondary N) is 1. The summed E-state index contributed by atoms with van der Waals surface area (Å²) in [5.74, 6) is 0. The first-order chi connectivity index (χ1) is 10.1. The number of aromatic nitrogens is 4. The van der Waals surface area contributed by atoms with Crippen LogP contribution >= 0.6 is 11.3 Å². The minimum atomic E-state index is -0.217. The minimum Gasteiger partial charge on any atom is -0.374 e. The molecule has 0 saturated heterocycles. The molecule has 0 spiro atoms. The van der Waals surface area contributed by atoms with Gasteiger partial charge in [0.05, 0.1) is 12.6 Å². The van der Waals surface area contributed by atoms with Crippen LogP contribution in [0, 0.1) is 0 Å². The van der Waals surface area contributed by atoms with Crippen LogP contribution in [0.5, 0.6) is 0 Å². The number of anilines is 1. The summed E-state index contributed by atoms with van der Waals surface area (Å²) in [4.78, 5) is 14.0. The maximum Gasteiger partial charge on any atom is 0.318 e. The number of urea groups is 1. The topological polar surface area (TPSA) is 102 Å². The van der Waals surface area contributed by atoms with Crippen molar-refractivity contribution in [3.05, 3.63) is 23.5 Å². The molecule has 0 radical (unpaired) electrons. The van der Waals surface area contributed by atoms with E-state index in [1.807, 2.05) is 26.1 Å². The highest BCUT2D eigenvalue weighted by molar-refractivity contribution is 7.15. The molecule has 114 valence electrons. The fourth-order valence-electron chi connectivity index (χ4n) is 1.82. The van der Waals surface area contributed by atoms with Gasteiger partial charge in [-0.1, -0.05) is 11.3 Å². The standard InChI is InChI=1S/C12H19N7OS/c1-3-18(7-8-19-6-4-5-14-19)12(20)15-9(2)10-16-17-11(13)21-10/h4-6,9H,3,7-8H2,1-2H3,(H2,13,17)(H,15,20). The molecule has 2 amide bonds. The highest BCUT2D eigenvalue weighted by Gasteiger charge is 2.17. The Kier molecular flexibility index (Phi) is 5.09. The molecule has 0 saturated carbocycles. The van der Waals surface area contributed by atoms with Gasteiger partial charge in [0.2, 0.25) is 5.13 Å². The van der Waals surface area contributed by atoms with E-state index in [4.69, 9.17) is 5.73 Å². The van der Waals surface area contributed by atoms with E-state index in [0.717, 1.165) is 0 Å². The van der Waals surface area contributed by atoms with Gasteiger partial charge in [0.15, 0.2) is 0 Å². The highest BCUT2D eigenvalue weighted by Crippen LogP contribution is 2.18. The maximum absolute atomic E-state index is 12.2. The van der Waals surface area contributed by atoms with Gasteiger partial charge in [0.1, 0.15) is 5.01 Å². The van der Waals surface area contributed by atoms with E-state index in [9.17, 15) is 4.79 Å². The third kappa shape index (κ3) is 4.15. The summed E-state index contributed by atoms with van der Waals surface area (Å²) < 4.78 is 1.80. The Balaban J connectivity index is 1.87. The van der Waals surface area contributed by atoms with Crippen LogP contribution in [0.3, 0.4) is 0 Å². The normalized spacial score (nSPS) is 12.1. The lowest BCUT2D eigenvalue weighted by molar-refractivity contribution is 0.194. The summed E-state index contributed by atoms with van der Waals surface area (Å²) in [6, 6.07) is 1.51. The van der Waals surface area contributed by atoms with Crippen molar-refractivity contribution in [1.29, 1.82) is 0 Å². The van der Waals surface area contributed by atoms with Crippen LogP contribution in [0.4, 0.5) is 9.93 Å². The van der Waals surface area contributed by atoms with Crippen LogP contribution < -0.4 is 11.1 Å². The third-order valence-corrected chi connectivity index (χ3v) is 3.93. The molecule has 1 atom stereocenters. The molecular weight excluding hydrogens is 290 g/mol. The summed E-state index contributed by atoms with van der Waals surface area (Å²) >= 11 is 1.28. The Morgan fingerprint density at radius 3 is 2.95 bits per heavy atom. The SMILES string of the molecule is CCN(CCn1cccn1)C(=O)NC(C)c1nnc(N)s1. The van der Waals surface area contributed by atoms with Crippen molar-refractivity contribution in [2.24, 2.45) is 0 Å². The predicted octanol–water partition coefficient (Wildman–Crippen LogP) is 1.11. The monoisotopic (exact) mass is 309 g/mol. The van der Waals surface area contributed by atoms with Gasteiger partial charge >= 0.3 is 6.03 Å². The summed E-state index contributed by atoms with van der Waals surface area (Å²) in [5, 5.41) is 15.8. The van der Waals surface area contributed by atoms with Crippen LogP contribution in [0.15, 0.2) is 18.5 Å². The Bertz CT molecular complexity index is 568. The van der Waals surface area contributed by atoms with Gasteiger partial charge in [-0.05, 0) is 19.9 Å². The molecule has 0 bridgehead atoms. The molecule has 2 aromatic rings. The van der Waals surface area contributed by atoms with Gasteiger partial charge in [0, 0.05) is 25.5 Å². The molecule has 2 heterocycles. The van der Waals surface area contributed by atoms with Crippen molar-refractivity contribution in [3.63, 3.8) is 0 Å². The van der Waals surface area contributed by atoms with Gasteiger partial charge < -0.3 is 16.0 Å². The Labute approximate surface area is 127 Å². The summed E-state index contributed by atoms with van der Waals surface area (Å²) in [6.07, 6.45) is 3.59. The van der Waals surface area contributed by atoms with Gasteiger partial charge in [-0.3, -0.25) is 4.68 Å². The zero-order chi connectivity index (χ0) is 15.2. The van der Waals surface area contributed by atoms with Crippen molar-refractivity contribution in [3.8, 4) is 0 Å². The van der Waals surface area contributed by atoms with Crippen LogP contribution in [0.2, 0.25) is 0 Å². The average molecular weight is 309 g/mol. The molecule has 0 aliphatic rings. The number of hydrogen-bond donors (Lipinski definition) is 2. The summed E-state index contributed by atoms with van der Waals surface area (Å²) in [6.45, 7) is 5.68. The fourth-order valence-corrected chi connectivity index (χ4v) is 2.43. The molecule has 0 aliphatic heterocycles. The molecular formula is C12H19N7OS. The van der Waals surface area contributed by atoms with Crippen LogP contribution in [-0.2, 0) is 6.54 Å². The van der Waals surface area contributed by atoms with Crippen LogP contribution in [0.1, 0.15) is 24.9 Å². The first-order valence-corrected chi connectivity index (χ1v) is 7.53. The van der Waals surface area contributed by atoms with Crippen molar-refractivity contribution in [1.82, 2.24) is 30.2 Å². The van der Waals surface area contributed by atoms with Crippen molar-refractivity contribution < 1.29 is 4.79 Å². The Hall–Kier alpha value is -2.16. The van der Waals surface area contributed by atoms with E-state index in [1.54, 1.807) is 15.8 Å². The van der Waals surface area contributed by atoms with Gasteiger partial charge in [-0.25, -0.2) is 4.79 Å². The van der Waals surface area contributed by atoms with E-state index in [-0.39, 0.29) is 12.1 Å². The number of likely N-dealkylation sites (N-methyl/N-ethyl adjacent to an activating group) is 1. The lowest BCUT2D eigenvalue weighted by Crippen LogP contribution is -2.42. The quantitative estimate of drug-likeness (QED) is 0.832. The van der Waals surface area contributed by atoms with E-state index < -0.39 is 0 Å². The molecule has 0 fully saturated rings. The lowest BCUT2D eigenvalue weighted by atomic mass is 10.3. The molecule has 0 aliphatic carbocycles. The number of rotatable bonds is 6. The van der Waals surface area contributed by atoms with E-state index in [0.29, 0.717) is 29.8 Å². The molecule has 2 aromatic heterocycles. The highest BCUT2D eigenvalue weighted by atomic mass is 32.1. The molecule has 9 heteroatoms. The van der Waals surface area contributed by atoms with E-state index in [2.05, 4.69) is 20.6 Å². The largest absolute Gasteiger partial charge is 0.374 e. The van der Waals surface area contributed by atoms with E-state index >= 15 is 0 Å². The zero-order valence-electron chi connectivity index (χ0n) is 12.1. The number of nitrogens with zero attached hydrogens (tertiary/aromatic N) is 5. The number of carbonyl (C=O) groups excluding carboxylic acids is 1. The number of carbonyl (C=O) groups is 1. The molecule has 2 rings (SSSR count). The fraction of sp³-hybridized carbons (Fsp3) is 0.500. The third-order valence-electron chi connectivity index (χ3n) is 2.99. The second-order valence-electron chi connectivity index (χ2n) is 4.50. The van der Waals surface area contributed by atoms with Gasteiger partial charge in [-0.15, -0.1) is 10.2 Å². The molecule has 1 unspecified atom stereocenters. The smallest absolute Gasteiger partial charge is 0.318 e. The Morgan fingerprint density at radius 2 is 2.38 bits per heavy atom. The van der Waals surface area contributed by atoms with Crippen molar-refractivity contribution in [2.75, 3.05) is 18.8 Å². The molecule has 21 heavy (non-hydrogen) atoms. The van der Waals surface area contributed by atoms with E-state index in [1.165, 1.54) is 11.3 Å². The Morgan fingerprint density at radius 1 is 1.57 bits per heavy atom. The second-order valence-corrected chi connectivity index (χ2v) is 5.54. The molecule has 8 nitrogen and oxygen atoms in total.